The average Bonchev–Trinajstić information content (AvgIpc) is 3.37. The molecule has 130 valence electrons. The van der Waals surface area contributed by atoms with Crippen molar-refractivity contribution in [3.05, 3.63) is 70.8 Å². The van der Waals surface area contributed by atoms with Crippen molar-refractivity contribution in [3.63, 3.8) is 0 Å². The molecule has 1 amide bonds. The number of nitrogens with one attached hydrogen (secondary N) is 1. The molecule has 0 radical (unpaired) electrons. The molecule has 0 saturated heterocycles. The Morgan fingerprint density at radius 2 is 1.72 bits per heavy atom. The Balaban J connectivity index is 1.54. The number of hydrazone groups is 1. The van der Waals surface area contributed by atoms with E-state index in [2.05, 4.69) is 55.6 Å². The lowest BCUT2D eigenvalue weighted by atomic mass is 9.86. The minimum Gasteiger partial charge on any atom is -0.273 e. The van der Waals surface area contributed by atoms with Crippen LogP contribution in [0.1, 0.15) is 55.4 Å². The van der Waals surface area contributed by atoms with E-state index in [1.807, 2.05) is 31.2 Å². The van der Waals surface area contributed by atoms with Crippen molar-refractivity contribution in [2.24, 2.45) is 11.0 Å². The Hall–Kier alpha value is -2.42. The van der Waals surface area contributed by atoms with Gasteiger partial charge in [-0.2, -0.15) is 5.10 Å². The van der Waals surface area contributed by atoms with Crippen LogP contribution in [0.25, 0.3) is 0 Å². The Morgan fingerprint density at radius 3 is 2.32 bits per heavy atom. The lowest BCUT2D eigenvalue weighted by Crippen LogP contribution is -2.20. The zero-order valence-electron chi connectivity index (χ0n) is 15.4. The Labute approximate surface area is 150 Å². The average molecular weight is 334 g/mol. The van der Waals surface area contributed by atoms with Gasteiger partial charge in [-0.15, -0.1) is 0 Å². The number of hydrogen-bond acceptors (Lipinski definition) is 2. The van der Waals surface area contributed by atoms with Crippen LogP contribution in [0.5, 0.6) is 0 Å². The maximum absolute atomic E-state index is 12.2. The van der Waals surface area contributed by atoms with E-state index in [-0.39, 0.29) is 17.2 Å². The molecule has 3 nitrogen and oxygen atoms in total. The van der Waals surface area contributed by atoms with E-state index < -0.39 is 0 Å². The van der Waals surface area contributed by atoms with Gasteiger partial charge in [0.2, 0.25) is 5.91 Å². The summed E-state index contributed by atoms with van der Waals surface area (Å²) < 4.78 is 0. The summed E-state index contributed by atoms with van der Waals surface area (Å²) in [6.07, 6.45) is 2.59. The van der Waals surface area contributed by atoms with Crippen molar-refractivity contribution < 1.29 is 4.79 Å². The maximum Gasteiger partial charge on any atom is 0.243 e. The molecule has 1 N–H and O–H groups in total. The zero-order valence-corrected chi connectivity index (χ0v) is 15.4. The lowest BCUT2D eigenvalue weighted by Gasteiger charge is -2.19. The molecule has 0 spiro atoms. The highest BCUT2D eigenvalue weighted by atomic mass is 16.2. The van der Waals surface area contributed by atoms with Gasteiger partial charge in [-0.05, 0) is 41.4 Å². The van der Waals surface area contributed by atoms with Gasteiger partial charge >= 0.3 is 0 Å². The summed E-state index contributed by atoms with van der Waals surface area (Å²) in [6.45, 7) is 8.67. The molecular formula is C22H26N2O. The second-order valence-electron chi connectivity index (χ2n) is 7.97. The first-order chi connectivity index (χ1) is 11.8. The SMILES string of the molecule is Cc1ccc(/C=N\NC(=O)[C@H]2C[C@H]2c2ccc(C(C)(C)C)cc2)cc1. The van der Waals surface area contributed by atoms with Crippen LogP contribution in [0.3, 0.4) is 0 Å². The molecule has 3 rings (SSSR count). The minimum absolute atomic E-state index is 0.00765. The first-order valence-electron chi connectivity index (χ1n) is 8.84. The molecule has 1 aliphatic rings. The summed E-state index contributed by atoms with van der Waals surface area (Å²) in [6, 6.07) is 16.7. The monoisotopic (exact) mass is 334 g/mol. The third-order valence-corrected chi connectivity index (χ3v) is 4.80. The van der Waals surface area contributed by atoms with Crippen molar-refractivity contribution in [2.75, 3.05) is 0 Å². The van der Waals surface area contributed by atoms with E-state index in [0.717, 1.165) is 12.0 Å². The lowest BCUT2D eigenvalue weighted by molar-refractivity contribution is -0.122. The van der Waals surface area contributed by atoms with Crippen LogP contribution in [0.15, 0.2) is 53.6 Å². The fourth-order valence-electron chi connectivity index (χ4n) is 2.99. The van der Waals surface area contributed by atoms with E-state index in [1.165, 1.54) is 16.7 Å². The Kier molecular flexibility index (Phi) is 4.76. The number of carbonyl (C=O) groups is 1. The van der Waals surface area contributed by atoms with Crippen LogP contribution in [-0.2, 0) is 10.2 Å². The van der Waals surface area contributed by atoms with E-state index in [1.54, 1.807) is 6.21 Å². The fraction of sp³-hybridized carbons (Fsp3) is 0.364. The molecule has 0 aromatic heterocycles. The molecule has 0 unspecified atom stereocenters. The highest BCUT2D eigenvalue weighted by Gasteiger charge is 2.43. The molecule has 1 saturated carbocycles. The fourth-order valence-corrected chi connectivity index (χ4v) is 2.99. The third kappa shape index (κ3) is 4.36. The summed E-state index contributed by atoms with van der Waals surface area (Å²) in [5.41, 5.74) is 7.59. The molecule has 3 heteroatoms. The smallest absolute Gasteiger partial charge is 0.243 e. The standard InChI is InChI=1S/C22H26N2O/c1-15-5-7-16(8-6-15)14-23-24-21(25)20-13-19(20)17-9-11-18(12-10-17)22(2,3)4/h5-12,14,19-20H,13H2,1-4H3,(H,24,25)/b23-14-/t19-,20-/m0/s1. The van der Waals surface area contributed by atoms with E-state index >= 15 is 0 Å². The molecule has 2 atom stereocenters. The maximum atomic E-state index is 12.2. The first-order valence-corrected chi connectivity index (χ1v) is 8.84. The summed E-state index contributed by atoms with van der Waals surface area (Å²) in [7, 11) is 0. The second-order valence-corrected chi connectivity index (χ2v) is 7.97. The van der Waals surface area contributed by atoms with E-state index in [9.17, 15) is 4.79 Å². The van der Waals surface area contributed by atoms with Gasteiger partial charge in [-0.3, -0.25) is 4.79 Å². The molecule has 0 heterocycles. The molecular weight excluding hydrogens is 308 g/mol. The molecule has 25 heavy (non-hydrogen) atoms. The van der Waals surface area contributed by atoms with Crippen LogP contribution < -0.4 is 5.43 Å². The van der Waals surface area contributed by atoms with Gasteiger partial charge < -0.3 is 0 Å². The first kappa shape index (κ1) is 17.4. The minimum atomic E-state index is 0.00765. The number of carbonyl (C=O) groups excluding carboxylic acids is 1. The largest absolute Gasteiger partial charge is 0.273 e. The molecule has 2 aromatic carbocycles. The summed E-state index contributed by atoms with van der Waals surface area (Å²) in [4.78, 5) is 12.2. The summed E-state index contributed by atoms with van der Waals surface area (Å²) in [5.74, 6) is 0.368. The normalized spacial score (nSPS) is 19.8. The van der Waals surface area contributed by atoms with E-state index in [4.69, 9.17) is 0 Å². The van der Waals surface area contributed by atoms with E-state index in [0.29, 0.717) is 5.92 Å². The molecule has 2 aromatic rings. The van der Waals surface area contributed by atoms with Crippen molar-refractivity contribution in [3.8, 4) is 0 Å². The predicted octanol–water partition coefficient (Wildman–Crippen LogP) is 4.55. The quantitative estimate of drug-likeness (QED) is 0.647. The van der Waals surface area contributed by atoms with Crippen molar-refractivity contribution in [1.29, 1.82) is 0 Å². The van der Waals surface area contributed by atoms with Crippen LogP contribution in [0.2, 0.25) is 0 Å². The summed E-state index contributed by atoms with van der Waals surface area (Å²) in [5, 5.41) is 4.08. The molecule has 1 fully saturated rings. The van der Waals surface area contributed by atoms with Gasteiger partial charge in [0.05, 0.1) is 6.21 Å². The number of benzene rings is 2. The van der Waals surface area contributed by atoms with Gasteiger partial charge in [0.25, 0.3) is 0 Å². The number of hydrogen-bond donors (Lipinski definition) is 1. The van der Waals surface area contributed by atoms with Gasteiger partial charge in [-0.25, -0.2) is 5.43 Å². The van der Waals surface area contributed by atoms with Crippen LogP contribution >= 0.6 is 0 Å². The zero-order chi connectivity index (χ0) is 18.0. The van der Waals surface area contributed by atoms with Gasteiger partial charge in [0.15, 0.2) is 0 Å². The highest BCUT2D eigenvalue weighted by molar-refractivity contribution is 5.85. The van der Waals surface area contributed by atoms with Gasteiger partial charge in [0, 0.05) is 5.92 Å². The number of aryl methyl sites for hydroxylation is 1. The van der Waals surface area contributed by atoms with Gasteiger partial charge in [-0.1, -0.05) is 74.9 Å². The molecule has 0 aliphatic heterocycles. The van der Waals surface area contributed by atoms with Crippen molar-refractivity contribution in [2.45, 2.75) is 45.4 Å². The second kappa shape index (κ2) is 6.83. The third-order valence-electron chi connectivity index (χ3n) is 4.80. The Morgan fingerprint density at radius 1 is 1.08 bits per heavy atom. The molecule has 0 bridgehead atoms. The number of nitrogens with zero attached hydrogens (tertiary/aromatic N) is 1. The number of amides is 1. The van der Waals surface area contributed by atoms with Crippen LogP contribution in [-0.4, -0.2) is 12.1 Å². The predicted molar refractivity (Wildman–Crippen MR) is 103 cm³/mol. The highest BCUT2D eigenvalue weighted by Crippen LogP contribution is 2.47. The van der Waals surface area contributed by atoms with Crippen molar-refractivity contribution >= 4 is 12.1 Å². The van der Waals surface area contributed by atoms with Crippen LogP contribution in [0.4, 0.5) is 0 Å². The Bertz CT molecular complexity index is 767. The topological polar surface area (TPSA) is 41.5 Å². The van der Waals surface area contributed by atoms with Gasteiger partial charge in [0.1, 0.15) is 0 Å². The summed E-state index contributed by atoms with van der Waals surface area (Å²) >= 11 is 0. The van der Waals surface area contributed by atoms with Crippen LogP contribution in [0, 0.1) is 12.8 Å². The van der Waals surface area contributed by atoms with Crippen molar-refractivity contribution in [1.82, 2.24) is 5.43 Å². The molecule has 1 aliphatic carbocycles. The number of rotatable bonds is 4.